The first-order valence-electron chi connectivity index (χ1n) is 3.84. The van der Waals surface area contributed by atoms with Crippen molar-refractivity contribution < 1.29 is 4.92 Å². The predicted molar refractivity (Wildman–Crippen MR) is 63.9 cm³/mol. The molecule has 0 aliphatic rings. The number of nitro groups is 1. The zero-order valence-electron chi connectivity index (χ0n) is 7.15. The van der Waals surface area contributed by atoms with Crippen molar-refractivity contribution in [3.05, 3.63) is 37.3 Å². The molecule has 0 aliphatic carbocycles. The highest BCUT2D eigenvalue weighted by molar-refractivity contribution is 14.1. The van der Waals surface area contributed by atoms with Crippen molar-refractivity contribution in [1.29, 1.82) is 0 Å². The second-order valence-corrected chi connectivity index (χ2v) is 4.26. The lowest BCUT2D eigenvalue weighted by Crippen LogP contribution is -1.93. The van der Waals surface area contributed by atoms with Gasteiger partial charge in [-0.3, -0.25) is 10.1 Å². The molecule has 2 rings (SSSR count). The summed E-state index contributed by atoms with van der Waals surface area (Å²) >= 11 is 7.70. The number of nitrogens with zero attached hydrogens (tertiary/aromatic N) is 3. The van der Waals surface area contributed by atoms with Gasteiger partial charge in [-0.1, -0.05) is 11.6 Å². The molecule has 0 N–H and O–H groups in total. The van der Waals surface area contributed by atoms with Gasteiger partial charge in [0.25, 0.3) is 5.69 Å². The topological polar surface area (TPSA) is 68.9 Å². The Labute approximate surface area is 103 Å². The fourth-order valence-corrected chi connectivity index (χ4v) is 2.02. The van der Waals surface area contributed by atoms with Gasteiger partial charge in [-0.2, -0.15) is 0 Å². The van der Waals surface area contributed by atoms with Crippen molar-refractivity contribution in [2.75, 3.05) is 0 Å². The Morgan fingerprint density at radius 3 is 2.80 bits per heavy atom. The smallest absolute Gasteiger partial charge is 0.258 e. The molecule has 0 unspecified atom stereocenters. The molecule has 0 atom stereocenters. The van der Waals surface area contributed by atoms with Crippen LogP contribution >= 0.6 is 34.2 Å². The van der Waals surface area contributed by atoms with E-state index in [1.165, 1.54) is 12.4 Å². The Balaban J connectivity index is 2.83. The molecule has 0 saturated carbocycles. The zero-order chi connectivity index (χ0) is 11.0. The highest BCUT2D eigenvalue weighted by Crippen LogP contribution is 2.28. The predicted octanol–water partition coefficient (Wildman–Crippen LogP) is 2.80. The number of halogens is 2. The number of nitro benzene ring substituents is 1. The van der Waals surface area contributed by atoms with Gasteiger partial charge in [-0.25, -0.2) is 9.97 Å². The standard InChI is InChI=1S/C8H3ClIN3O2/c9-8-4-1-7(13(14)15)5(10)2-6(4)11-3-12-8/h1-3H. The third kappa shape index (κ3) is 1.86. The van der Waals surface area contributed by atoms with E-state index < -0.39 is 4.92 Å². The van der Waals surface area contributed by atoms with Gasteiger partial charge in [0.1, 0.15) is 11.5 Å². The molecule has 15 heavy (non-hydrogen) atoms. The van der Waals surface area contributed by atoms with Gasteiger partial charge in [-0.15, -0.1) is 0 Å². The van der Waals surface area contributed by atoms with E-state index in [-0.39, 0.29) is 10.8 Å². The molecule has 76 valence electrons. The van der Waals surface area contributed by atoms with Crippen LogP contribution in [0.4, 0.5) is 5.69 Å². The molecule has 2 aromatic rings. The number of fused-ring (bicyclic) bond motifs is 1. The summed E-state index contributed by atoms with van der Waals surface area (Å²) in [5.74, 6) is 0. The summed E-state index contributed by atoms with van der Waals surface area (Å²) in [6.07, 6.45) is 1.33. The van der Waals surface area contributed by atoms with Crippen molar-refractivity contribution in [2.24, 2.45) is 0 Å². The number of hydrogen-bond donors (Lipinski definition) is 0. The summed E-state index contributed by atoms with van der Waals surface area (Å²) in [5, 5.41) is 11.4. The van der Waals surface area contributed by atoms with E-state index in [1.807, 2.05) is 22.6 Å². The van der Waals surface area contributed by atoms with Crippen LogP contribution in [0.5, 0.6) is 0 Å². The van der Waals surface area contributed by atoms with Crippen LogP contribution in [0.1, 0.15) is 0 Å². The maximum Gasteiger partial charge on any atom is 0.283 e. The SMILES string of the molecule is O=[N+]([O-])c1cc2c(Cl)ncnc2cc1I. The molecular weight excluding hydrogens is 332 g/mol. The van der Waals surface area contributed by atoms with Crippen LogP contribution in [0.25, 0.3) is 10.9 Å². The van der Waals surface area contributed by atoms with E-state index in [0.29, 0.717) is 14.5 Å². The first kappa shape index (κ1) is 10.5. The molecule has 0 spiro atoms. The second kappa shape index (κ2) is 3.86. The molecule has 0 saturated heterocycles. The van der Waals surface area contributed by atoms with Gasteiger partial charge in [0.15, 0.2) is 0 Å². The fraction of sp³-hybridized carbons (Fsp3) is 0. The summed E-state index contributed by atoms with van der Waals surface area (Å²) in [5.41, 5.74) is 0.616. The Morgan fingerprint density at radius 1 is 1.40 bits per heavy atom. The molecule has 7 heteroatoms. The van der Waals surface area contributed by atoms with Gasteiger partial charge in [0.2, 0.25) is 0 Å². The van der Waals surface area contributed by atoms with Crippen molar-refractivity contribution >= 4 is 50.8 Å². The van der Waals surface area contributed by atoms with E-state index >= 15 is 0 Å². The van der Waals surface area contributed by atoms with Crippen molar-refractivity contribution in [2.45, 2.75) is 0 Å². The average Bonchev–Trinajstić information content (AvgIpc) is 2.16. The minimum atomic E-state index is -0.454. The Bertz CT molecular complexity index is 561. The Kier molecular flexibility index (Phi) is 2.70. The van der Waals surface area contributed by atoms with Crippen molar-refractivity contribution in [3.8, 4) is 0 Å². The van der Waals surface area contributed by atoms with E-state index in [2.05, 4.69) is 9.97 Å². The van der Waals surface area contributed by atoms with E-state index in [1.54, 1.807) is 6.07 Å². The maximum atomic E-state index is 10.7. The summed E-state index contributed by atoms with van der Waals surface area (Å²) in [6, 6.07) is 3.00. The van der Waals surface area contributed by atoms with Crippen LogP contribution in [0.15, 0.2) is 18.5 Å². The zero-order valence-corrected chi connectivity index (χ0v) is 10.1. The van der Waals surface area contributed by atoms with Crippen LogP contribution in [-0.4, -0.2) is 14.9 Å². The number of rotatable bonds is 1. The normalized spacial score (nSPS) is 10.5. The minimum absolute atomic E-state index is 0.0137. The lowest BCUT2D eigenvalue weighted by molar-refractivity contribution is -0.385. The first-order chi connectivity index (χ1) is 7.09. The molecule has 0 radical (unpaired) electrons. The fourth-order valence-electron chi connectivity index (χ4n) is 1.17. The summed E-state index contributed by atoms with van der Waals surface area (Å²) < 4.78 is 0.528. The quantitative estimate of drug-likeness (QED) is 0.348. The summed E-state index contributed by atoms with van der Waals surface area (Å²) in [4.78, 5) is 18.0. The van der Waals surface area contributed by atoms with Crippen LogP contribution < -0.4 is 0 Å². The van der Waals surface area contributed by atoms with Crippen molar-refractivity contribution in [1.82, 2.24) is 9.97 Å². The number of hydrogen-bond acceptors (Lipinski definition) is 4. The lowest BCUT2D eigenvalue weighted by atomic mass is 10.2. The first-order valence-corrected chi connectivity index (χ1v) is 5.29. The maximum absolute atomic E-state index is 10.7. The lowest BCUT2D eigenvalue weighted by Gasteiger charge is -2.00. The highest BCUT2D eigenvalue weighted by Gasteiger charge is 2.14. The van der Waals surface area contributed by atoms with Gasteiger partial charge in [0, 0.05) is 11.5 Å². The second-order valence-electron chi connectivity index (χ2n) is 2.74. The highest BCUT2D eigenvalue weighted by atomic mass is 127. The molecule has 0 amide bonds. The molecular formula is C8H3ClIN3O2. The van der Waals surface area contributed by atoms with E-state index in [9.17, 15) is 10.1 Å². The van der Waals surface area contributed by atoms with Crippen LogP contribution in [0.2, 0.25) is 5.15 Å². The monoisotopic (exact) mass is 335 g/mol. The third-order valence-corrected chi connectivity index (χ3v) is 3.02. The van der Waals surface area contributed by atoms with Gasteiger partial charge in [0.05, 0.1) is 14.0 Å². The summed E-state index contributed by atoms with van der Waals surface area (Å²) in [7, 11) is 0. The van der Waals surface area contributed by atoms with Gasteiger partial charge < -0.3 is 0 Å². The molecule has 1 heterocycles. The largest absolute Gasteiger partial charge is 0.283 e. The average molecular weight is 335 g/mol. The molecule has 0 aliphatic heterocycles. The molecule has 0 bridgehead atoms. The number of benzene rings is 1. The Morgan fingerprint density at radius 2 is 2.13 bits per heavy atom. The van der Waals surface area contributed by atoms with Crippen LogP contribution in [-0.2, 0) is 0 Å². The van der Waals surface area contributed by atoms with Crippen molar-refractivity contribution in [3.63, 3.8) is 0 Å². The van der Waals surface area contributed by atoms with Gasteiger partial charge >= 0.3 is 0 Å². The van der Waals surface area contributed by atoms with E-state index in [0.717, 1.165) is 0 Å². The van der Waals surface area contributed by atoms with Crippen LogP contribution in [0, 0.1) is 13.7 Å². The Hall–Kier alpha value is -1.02. The molecule has 0 fully saturated rings. The molecule has 5 nitrogen and oxygen atoms in total. The minimum Gasteiger partial charge on any atom is -0.258 e. The molecule has 1 aromatic carbocycles. The van der Waals surface area contributed by atoms with Gasteiger partial charge in [-0.05, 0) is 28.7 Å². The third-order valence-electron chi connectivity index (χ3n) is 1.85. The summed E-state index contributed by atoms with van der Waals surface area (Å²) in [6.45, 7) is 0. The number of aromatic nitrogens is 2. The van der Waals surface area contributed by atoms with E-state index in [4.69, 9.17) is 11.6 Å². The molecule has 1 aromatic heterocycles. The van der Waals surface area contributed by atoms with Crippen LogP contribution in [0.3, 0.4) is 0 Å².